The number of hydrogen-bond donors (Lipinski definition) is 2. The van der Waals surface area contributed by atoms with Crippen molar-refractivity contribution in [2.75, 3.05) is 38.0 Å². The number of carboxylic acid groups (broad SMARTS) is 1. The summed E-state index contributed by atoms with van der Waals surface area (Å²) < 4.78 is 3.03. The molecule has 0 bridgehead atoms. The van der Waals surface area contributed by atoms with Crippen molar-refractivity contribution < 1.29 is 19.5 Å². The normalized spacial score (nSPS) is 14.3. The molecule has 162 valence electrons. The Morgan fingerprint density at radius 1 is 1.17 bits per heavy atom. The molecule has 30 heavy (non-hydrogen) atoms. The highest BCUT2D eigenvalue weighted by molar-refractivity contribution is 5.94. The van der Waals surface area contributed by atoms with Crippen LogP contribution in [0.3, 0.4) is 0 Å². The SMILES string of the molecule is Cn1ccc(NC(=O)CN2CCCN(C(=O)c3ccc(=O)n(C)c3)CC2)n1.O=CO. The number of nitrogens with one attached hydrogen (secondary N) is 1. The number of rotatable bonds is 4. The second-order valence-corrected chi connectivity index (χ2v) is 6.82. The topological polar surface area (TPSA) is 130 Å². The molecular formula is C19H26N6O5. The molecule has 0 saturated carbocycles. The summed E-state index contributed by atoms with van der Waals surface area (Å²) in [6, 6.07) is 4.71. The first-order valence-electron chi connectivity index (χ1n) is 9.39. The standard InChI is InChI=1S/C18H24N6O3.CH2O2/c1-21-12-14(4-5-17(21)26)18(27)24-8-3-7-23(10-11-24)13-16(25)19-15-6-9-22(2)20-15;2-1-3/h4-6,9,12H,3,7-8,10-11,13H2,1-2H3,(H,19,20,25);1H,(H,2,3). The molecule has 3 rings (SSSR count). The van der Waals surface area contributed by atoms with Crippen LogP contribution in [0.25, 0.3) is 0 Å². The Labute approximate surface area is 173 Å². The van der Waals surface area contributed by atoms with Crippen molar-refractivity contribution in [1.29, 1.82) is 0 Å². The van der Waals surface area contributed by atoms with Gasteiger partial charge in [0.15, 0.2) is 5.82 Å². The quantitative estimate of drug-likeness (QED) is 0.647. The molecule has 2 N–H and O–H groups in total. The third kappa shape index (κ3) is 6.55. The van der Waals surface area contributed by atoms with E-state index in [2.05, 4.69) is 10.4 Å². The monoisotopic (exact) mass is 418 g/mol. The number of anilines is 1. The molecule has 1 aliphatic rings. The van der Waals surface area contributed by atoms with E-state index in [-0.39, 0.29) is 30.4 Å². The number of pyridine rings is 1. The number of carbonyl (C=O) groups is 3. The molecule has 11 heteroatoms. The van der Waals surface area contributed by atoms with Gasteiger partial charge in [0.05, 0.1) is 12.1 Å². The first kappa shape index (κ1) is 22.8. The lowest BCUT2D eigenvalue weighted by Gasteiger charge is -2.21. The lowest BCUT2D eigenvalue weighted by Crippen LogP contribution is -2.38. The summed E-state index contributed by atoms with van der Waals surface area (Å²) in [6.07, 6.45) is 4.12. The highest BCUT2D eigenvalue weighted by atomic mass is 16.3. The molecule has 0 radical (unpaired) electrons. The first-order chi connectivity index (χ1) is 14.3. The lowest BCUT2D eigenvalue weighted by molar-refractivity contribution is -0.123. The van der Waals surface area contributed by atoms with Crippen LogP contribution in [0.15, 0.2) is 35.4 Å². The summed E-state index contributed by atoms with van der Waals surface area (Å²) in [4.78, 5) is 48.5. The predicted molar refractivity (Wildman–Crippen MR) is 109 cm³/mol. The van der Waals surface area contributed by atoms with E-state index in [0.717, 1.165) is 13.0 Å². The van der Waals surface area contributed by atoms with Crippen LogP contribution in [-0.4, -0.2) is 80.3 Å². The number of hydrogen-bond acceptors (Lipinski definition) is 6. The van der Waals surface area contributed by atoms with Gasteiger partial charge in [0, 0.05) is 64.8 Å². The van der Waals surface area contributed by atoms with E-state index in [1.54, 1.807) is 48.2 Å². The van der Waals surface area contributed by atoms with Crippen LogP contribution >= 0.6 is 0 Å². The van der Waals surface area contributed by atoms with Gasteiger partial charge >= 0.3 is 0 Å². The zero-order valence-corrected chi connectivity index (χ0v) is 17.0. The van der Waals surface area contributed by atoms with E-state index in [9.17, 15) is 14.4 Å². The fourth-order valence-electron chi connectivity index (χ4n) is 3.10. The van der Waals surface area contributed by atoms with E-state index in [0.29, 0.717) is 31.0 Å². The van der Waals surface area contributed by atoms with Gasteiger partial charge in [-0.25, -0.2) is 0 Å². The minimum Gasteiger partial charge on any atom is -0.483 e. The number of nitrogens with zero attached hydrogens (tertiary/aromatic N) is 5. The first-order valence-corrected chi connectivity index (χ1v) is 9.39. The molecule has 0 atom stereocenters. The van der Waals surface area contributed by atoms with Crippen molar-refractivity contribution in [2.45, 2.75) is 6.42 Å². The van der Waals surface area contributed by atoms with Gasteiger partial charge in [0.2, 0.25) is 11.5 Å². The Bertz CT molecular complexity index is 937. The summed E-state index contributed by atoms with van der Waals surface area (Å²) >= 11 is 0. The number of carbonyl (C=O) groups excluding carboxylic acids is 2. The molecular weight excluding hydrogens is 392 g/mol. The molecule has 2 aromatic rings. The molecule has 1 aliphatic heterocycles. The lowest BCUT2D eigenvalue weighted by atomic mass is 10.2. The molecule has 0 aliphatic carbocycles. The Morgan fingerprint density at radius 3 is 2.53 bits per heavy atom. The maximum Gasteiger partial charge on any atom is 0.290 e. The van der Waals surface area contributed by atoms with Crippen molar-refractivity contribution in [3.8, 4) is 0 Å². The Kier molecular flexibility index (Phi) is 8.29. The molecule has 1 fully saturated rings. The van der Waals surface area contributed by atoms with Gasteiger partial charge in [-0.1, -0.05) is 0 Å². The van der Waals surface area contributed by atoms with Gasteiger partial charge < -0.3 is 19.9 Å². The predicted octanol–water partition coefficient (Wildman–Crippen LogP) is -0.394. The summed E-state index contributed by atoms with van der Waals surface area (Å²) in [5, 5.41) is 13.8. The second-order valence-electron chi connectivity index (χ2n) is 6.82. The van der Waals surface area contributed by atoms with Crippen LogP contribution in [-0.2, 0) is 23.7 Å². The largest absolute Gasteiger partial charge is 0.483 e. The van der Waals surface area contributed by atoms with Crippen molar-refractivity contribution in [2.24, 2.45) is 14.1 Å². The third-order valence-corrected chi connectivity index (χ3v) is 4.56. The van der Waals surface area contributed by atoms with Gasteiger partial charge in [0.1, 0.15) is 0 Å². The van der Waals surface area contributed by atoms with Gasteiger partial charge in [-0.3, -0.25) is 28.8 Å². The highest BCUT2D eigenvalue weighted by Crippen LogP contribution is 2.09. The van der Waals surface area contributed by atoms with E-state index in [4.69, 9.17) is 9.90 Å². The van der Waals surface area contributed by atoms with E-state index in [1.165, 1.54) is 10.6 Å². The zero-order valence-electron chi connectivity index (χ0n) is 17.0. The van der Waals surface area contributed by atoms with E-state index < -0.39 is 0 Å². The van der Waals surface area contributed by atoms with Crippen LogP contribution in [0.1, 0.15) is 16.8 Å². The van der Waals surface area contributed by atoms with Gasteiger partial charge in [0.25, 0.3) is 12.4 Å². The van der Waals surface area contributed by atoms with Gasteiger partial charge in [-0.2, -0.15) is 5.10 Å². The molecule has 11 nitrogen and oxygen atoms in total. The van der Waals surface area contributed by atoms with Crippen LogP contribution < -0.4 is 10.9 Å². The summed E-state index contributed by atoms with van der Waals surface area (Å²) in [5.74, 6) is 0.320. The maximum absolute atomic E-state index is 12.7. The van der Waals surface area contributed by atoms with Gasteiger partial charge in [-0.15, -0.1) is 0 Å². The van der Waals surface area contributed by atoms with Crippen molar-refractivity contribution in [3.05, 3.63) is 46.5 Å². The molecule has 2 amide bonds. The van der Waals surface area contributed by atoms with Crippen LogP contribution in [0, 0.1) is 0 Å². The van der Waals surface area contributed by atoms with Crippen molar-refractivity contribution in [3.63, 3.8) is 0 Å². The van der Waals surface area contributed by atoms with Crippen LogP contribution in [0.5, 0.6) is 0 Å². The summed E-state index contributed by atoms with van der Waals surface area (Å²) in [5.41, 5.74) is 0.353. The van der Waals surface area contributed by atoms with E-state index >= 15 is 0 Å². The zero-order chi connectivity index (χ0) is 22.1. The minimum atomic E-state index is -0.250. The van der Waals surface area contributed by atoms with Gasteiger partial charge in [-0.05, 0) is 12.5 Å². The molecule has 2 aromatic heterocycles. The molecule has 0 unspecified atom stereocenters. The number of amides is 2. The third-order valence-electron chi connectivity index (χ3n) is 4.56. The fourth-order valence-corrected chi connectivity index (χ4v) is 3.10. The summed E-state index contributed by atoms with van der Waals surface area (Å²) in [6.45, 7) is 2.54. The van der Waals surface area contributed by atoms with Crippen molar-refractivity contribution in [1.82, 2.24) is 24.1 Å². The Morgan fingerprint density at radius 2 is 1.90 bits per heavy atom. The van der Waals surface area contributed by atoms with Crippen LogP contribution in [0.2, 0.25) is 0 Å². The number of aromatic nitrogens is 3. The molecule has 0 aromatic carbocycles. The van der Waals surface area contributed by atoms with Crippen molar-refractivity contribution >= 4 is 24.1 Å². The molecule has 0 spiro atoms. The molecule has 1 saturated heterocycles. The van der Waals surface area contributed by atoms with E-state index in [1.807, 2.05) is 4.90 Å². The summed E-state index contributed by atoms with van der Waals surface area (Å²) in [7, 11) is 3.42. The average molecular weight is 418 g/mol. The Balaban J connectivity index is 0.00000101. The maximum atomic E-state index is 12.7. The highest BCUT2D eigenvalue weighted by Gasteiger charge is 2.22. The number of aryl methyl sites for hydroxylation is 2. The molecule has 3 heterocycles. The second kappa shape index (κ2) is 10.9. The Hall–Kier alpha value is -3.47. The fraction of sp³-hybridized carbons (Fsp3) is 0.421. The minimum absolute atomic E-state index is 0.0922. The smallest absolute Gasteiger partial charge is 0.290 e. The average Bonchev–Trinajstić information content (AvgIpc) is 2.96. The van der Waals surface area contributed by atoms with Crippen LogP contribution in [0.4, 0.5) is 5.82 Å².